The summed E-state index contributed by atoms with van der Waals surface area (Å²) in [5, 5.41) is 0.584. The van der Waals surface area contributed by atoms with E-state index >= 15 is 0 Å². The Kier molecular flexibility index (Phi) is 5.59. The van der Waals surface area contributed by atoms with Gasteiger partial charge in [-0.2, -0.15) is 0 Å². The van der Waals surface area contributed by atoms with Gasteiger partial charge in [0.2, 0.25) is 0 Å². The van der Waals surface area contributed by atoms with Crippen molar-refractivity contribution in [1.29, 1.82) is 0 Å². The number of rotatable bonds is 5. The predicted octanol–water partition coefficient (Wildman–Crippen LogP) is 5.66. The molecule has 0 heterocycles. The van der Waals surface area contributed by atoms with Crippen molar-refractivity contribution >= 4 is 27.3 Å². The maximum atomic E-state index is 13.5. The number of aryl methyl sites for hydroxylation is 3. The molecule has 0 bridgehead atoms. The van der Waals surface area contributed by atoms with Gasteiger partial charge in [0.1, 0.15) is 0 Å². The maximum Gasteiger partial charge on any atom is 0.264 e. The lowest BCUT2D eigenvalue weighted by Crippen LogP contribution is -2.31. The monoisotopic (exact) mass is 399 g/mol. The molecule has 5 heteroatoms. The van der Waals surface area contributed by atoms with Crippen LogP contribution in [0, 0.1) is 20.8 Å². The lowest BCUT2D eigenvalue weighted by atomic mass is 10.1. The van der Waals surface area contributed by atoms with E-state index in [1.54, 1.807) is 24.3 Å². The topological polar surface area (TPSA) is 37.4 Å². The Labute approximate surface area is 166 Å². The maximum absolute atomic E-state index is 13.5. The second-order valence-electron chi connectivity index (χ2n) is 6.74. The standard InChI is InChI=1S/C22H22ClNO2S/c1-16-8-11-21(12-9-16)27(25,26)24(15-19-5-4-6-20(23)14-19)22-13-17(2)7-10-18(22)3/h4-14H,15H2,1-3H3. The zero-order valence-corrected chi connectivity index (χ0v) is 17.2. The Morgan fingerprint density at radius 1 is 0.852 bits per heavy atom. The quantitative estimate of drug-likeness (QED) is 0.555. The van der Waals surface area contributed by atoms with Crippen LogP contribution in [0.25, 0.3) is 0 Å². The van der Waals surface area contributed by atoms with Crippen molar-refractivity contribution in [1.82, 2.24) is 0 Å². The largest absolute Gasteiger partial charge is 0.264 e. The van der Waals surface area contributed by atoms with E-state index in [0.717, 1.165) is 22.3 Å². The van der Waals surface area contributed by atoms with Crippen LogP contribution < -0.4 is 4.31 Å². The van der Waals surface area contributed by atoms with Crippen LogP contribution in [0.5, 0.6) is 0 Å². The molecule has 3 aromatic carbocycles. The smallest absolute Gasteiger partial charge is 0.262 e. The van der Waals surface area contributed by atoms with Gasteiger partial charge in [-0.1, -0.05) is 53.6 Å². The highest BCUT2D eigenvalue weighted by atomic mass is 35.5. The molecule has 0 saturated heterocycles. The normalized spacial score (nSPS) is 11.4. The van der Waals surface area contributed by atoms with E-state index in [-0.39, 0.29) is 11.4 Å². The van der Waals surface area contributed by atoms with Gasteiger partial charge in [0, 0.05) is 5.02 Å². The van der Waals surface area contributed by atoms with Crippen molar-refractivity contribution in [2.75, 3.05) is 4.31 Å². The van der Waals surface area contributed by atoms with E-state index in [1.165, 1.54) is 4.31 Å². The summed E-state index contributed by atoms with van der Waals surface area (Å²) in [4.78, 5) is 0.274. The SMILES string of the molecule is Cc1ccc(S(=O)(=O)N(Cc2cccc(Cl)c2)c2cc(C)ccc2C)cc1. The molecule has 3 aromatic rings. The number of hydrogen-bond donors (Lipinski definition) is 0. The third kappa shape index (κ3) is 4.34. The first-order valence-corrected chi connectivity index (χ1v) is 10.5. The Bertz CT molecular complexity index is 1060. The van der Waals surface area contributed by atoms with Gasteiger partial charge in [-0.15, -0.1) is 0 Å². The summed E-state index contributed by atoms with van der Waals surface area (Å²) >= 11 is 6.11. The Hall–Kier alpha value is -2.30. The molecule has 3 nitrogen and oxygen atoms in total. The van der Waals surface area contributed by atoms with E-state index in [9.17, 15) is 8.42 Å². The first-order chi connectivity index (χ1) is 12.8. The molecular weight excluding hydrogens is 378 g/mol. The zero-order valence-electron chi connectivity index (χ0n) is 15.6. The highest BCUT2D eigenvalue weighted by Crippen LogP contribution is 2.30. The molecule has 0 aliphatic carbocycles. The van der Waals surface area contributed by atoms with Crippen molar-refractivity contribution in [3.63, 3.8) is 0 Å². The van der Waals surface area contributed by atoms with Crippen molar-refractivity contribution in [2.24, 2.45) is 0 Å². The lowest BCUT2D eigenvalue weighted by molar-refractivity contribution is 0.590. The summed E-state index contributed by atoms with van der Waals surface area (Å²) in [6.45, 7) is 6.02. The van der Waals surface area contributed by atoms with Crippen LogP contribution in [0.3, 0.4) is 0 Å². The van der Waals surface area contributed by atoms with Crippen LogP contribution in [0.2, 0.25) is 5.02 Å². The summed E-state index contributed by atoms with van der Waals surface area (Å²) in [5.41, 5.74) is 4.43. The highest BCUT2D eigenvalue weighted by molar-refractivity contribution is 7.92. The van der Waals surface area contributed by atoms with E-state index in [2.05, 4.69) is 0 Å². The fourth-order valence-electron chi connectivity index (χ4n) is 2.93. The molecule has 0 aliphatic rings. The molecule has 27 heavy (non-hydrogen) atoms. The third-order valence-electron chi connectivity index (χ3n) is 4.46. The van der Waals surface area contributed by atoms with Crippen LogP contribution in [0.4, 0.5) is 5.69 Å². The molecule has 0 aliphatic heterocycles. The van der Waals surface area contributed by atoms with Gasteiger partial charge in [0.15, 0.2) is 0 Å². The second kappa shape index (κ2) is 7.75. The predicted molar refractivity (Wildman–Crippen MR) is 112 cm³/mol. The van der Waals surface area contributed by atoms with Gasteiger partial charge < -0.3 is 0 Å². The number of nitrogens with zero attached hydrogens (tertiary/aromatic N) is 1. The number of sulfonamides is 1. The van der Waals surface area contributed by atoms with Crippen molar-refractivity contribution in [3.8, 4) is 0 Å². The molecule has 0 aromatic heterocycles. The highest BCUT2D eigenvalue weighted by Gasteiger charge is 2.26. The molecule has 0 radical (unpaired) electrons. The summed E-state index contributed by atoms with van der Waals surface area (Å²) < 4.78 is 28.4. The minimum atomic E-state index is -3.73. The van der Waals surface area contributed by atoms with E-state index in [1.807, 2.05) is 63.2 Å². The van der Waals surface area contributed by atoms with Crippen LogP contribution in [0.1, 0.15) is 22.3 Å². The average molecular weight is 400 g/mol. The van der Waals surface area contributed by atoms with Gasteiger partial charge in [-0.05, 0) is 67.8 Å². The summed E-state index contributed by atoms with van der Waals surface area (Å²) in [5.74, 6) is 0. The van der Waals surface area contributed by atoms with Crippen LogP contribution in [-0.2, 0) is 16.6 Å². The van der Waals surface area contributed by atoms with Crippen molar-refractivity contribution in [2.45, 2.75) is 32.2 Å². The number of halogens is 1. The van der Waals surface area contributed by atoms with Gasteiger partial charge in [-0.25, -0.2) is 8.42 Å². The first-order valence-electron chi connectivity index (χ1n) is 8.68. The molecule has 0 spiro atoms. The number of benzene rings is 3. The van der Waals surface area contributed by atoms with E-state index < -0.39 is 10.0 Å². The minimum Gasteiger partial charge on any atom is -0.262 e. The molecule has 0 unspecified atom stereocenters. The van der Waals surface area contributed by atoms with Crippen molar-refractivity contribution < 1.29 is 8.42 Å². The van der Waals surface area contributed by atoms with E-state index in [0.29, 0.717) is 10.7 Å². The molecule has 140 valence electrons. The van der Waals surface area contributed by atoms with Gasteiger partial charge in [0.05, 0.1) is 17.1 Å². The average Bonchev–Trinajstić information content (AvgIpc) is 2.62. The fourth-order valence-corrected chi connectivity index (χ4v) is 4.65. The Morgan fingerprint density at radius 2 is 1.52 bits per heavy atom. The van der Waals surface area contributed by atoms with Crippen LogP contribution >= 0.6 is 11.6 Å². The molecule has 0 fully saturated rings. The molecule has 0 saturated carbocycles. The lowest BCUT2D eigenvalue weighted by Gasteiger charge is -2.27. The molecule has 0 N–H and O–H groups in total. The third-order valence-corrected chi connectivity index (χ3v) is 6.47. The fraction of sp³-hybridized carbons (Fsp3) is 0.182. The molecule has 0 atom stereocenters. The van der Waals surface area contributed by atoms with Gasteiger partial charge in [-0.3, -0.25) is 4.31 Å². The molecule has 3 rings (SSSR count). The second-order valence-corrected chi connectivity index (χ2v) is 9.04. The van der Waals surface area contributed by atoms with Gasteiger partial charge in [0.25, 0.3) is 10.0 Å². The Morgan fingerprint density at radius 3 is 2.19 bits per heavy atom. The number of hydrogen-bond acceptors (Lipinski definition) is 2. The van der Waals surface area contributed by atoms with E-state index in [4.69, 9.17) is 11.6 Å². The zero-order chi connectivity index (χ0) is 19.6. The molecular formula is C22H22ClNO2S. The summed E-state index contributed by atoms with van der Waals surface area (Å²) in [6.07, 6.45) is 0. The minimum absolute atomic E-state index is 0.209. The molecule has 0 amide bonds. The van der Waals surface area contributed by atoms with Crippen LogP contribution in [0.15, 0.2) is 71.6 Å². The summed E-state index contributed by atoms with van der Waals surface area (Å²) in [7, 11) is -3.73. The van der Waals surface area contributed by atoms with Crippen LogP contribution in [-0.4, -0.2) is 8.42 Å². The van der Waals surface area contributed by atoms with Crippen molar-refractivity contribution in [3.05, 3.63) is 94.0 Å². The summed E-state index contributed by atoms with van der Waals surface area (Å²) in [6, 6.07) is 20.1. The first kappa shape index (κ1) is 19.5. The Balaban J connectivity index is 2.14. The van der Waals surface area contributed by atoms with Gasteiger partial charge >= 0.3 is 0 Å². The number of anilines is 1.